The summed E-state index contributed by atoms with van der Waals surface area (Å²) in [6.45, 7) is 8.67. The number of hydrogen-bond acceptors (Lipinski definition) is 7. The van der Waals surface area contributed by atoms with E-state index in [2.05, 4.69) is 25.9 Å². The van der Waals surface area contributed by atoms with Crippen LogP contribution in [0.2, 0.25) is 0 Å². The van der Waals surface area contributed by atoms with Gasteiger partial charge < -0.3 is 20.6 Å². The van der Waals surface area contributed by atoms with Gasteiger partial charge in [-0.05, 0) is 24.5 Å². The van der Waals surface area contributed by atoms with E-state index in [4.69, 9.17) is 0 Å². The SMILES string of the molecule is CCNc1cc(-c2cn([C@H](C(=O)N3CC(O)CC3C(=O)NC)C(C)(C)C)nn2)ccn1. The zero-order valence-electron chi connectivity index (χ0n) is 18.7. The summed E-state index contributed by atoms with van der Waals surface area (Å²) in [6, 6.07) is 2.32. The van der Waals surface area contributed by atoms with Gasteiger partial charge in [-0.1, -0.05) is 26.0 Å². The van der Waals surface area contributed by atoms with Crippen LogP contribution in [0, 0.1) is 5.41 Å². The topological polar surface area (TPSA) is 125 Å². The Morgan fingerprint density at radius 1 is 1.35 bits per heavy atom. The molecule has 0 aromatic carbocycles. The number of hydrogen-bond donors (Lipinski definition) is 3. The minimum Gasteiger partial charge on any atom is -0.391 e. The molecule has 1 aliphatic heterocycles. The number of likely N-dealkylation sites (N-methyl/N-ethyl adjacent to an activating group) is 1. The number of carbonyl (C=O) groups excluding carboxylic acids is 2. The second-order valence-corrected chi connectivity index (χ2v) is 8.82. The molecule has 3 atom stereocenters. The number of anilines is 1. The van der Waals surface area contributed by atoms with Gasteiger partial charge in [0.15, 0.2) is 0 Å². The third-order valence-electron chi connectivity index (χ3n) is 5.35. The summed E-state index contributed by atoms with van der Waals surface area (Å²) in [6.07, 6.45) is 2.91. The van der Waals surface area contributed by atoms with Crippen LogP contribution in [-0.4, -0.2) is 74.1 Å². The number of aliphatic hydroxyl groups excluding tert-OH is 1. The van der Waals surface area contributed by atoms with Gasteiger partial charge in [-0.15, -0.1) is 5.10 Å². The second kappa shape index (κ2) is 9.01. The van der Waals surface area contributed by atoms with Gasteiger partial charge in [0.25, 0.3) is 0 Å². The van der Waals surface area contributed by atoms with Crippen molar-refractivity contribution in [3.8, 4) is 11.3 Å². The summed E-state index contributed by atoms with van der Waals surface area (Å²) in [4.78, 5) is 31.6. The molecule has 0 spiro atoms. The van der Waals surface area contributed by atoms with Gasteiger partial charge in [0.1, 0.15) is 23.6 Å². The summed E-state index contributed by atoms with van der Waals surface area (Å²) in [7, 11) is 1.52. The predicted molar refractivity (Wildman–Crippen MR) is 116 cm³/mol. The average molecular weight is 430 g/mol. The van der Waals surface area contributed by atoms with E-state index >= 15 is 0 Å². The summed E-state index contributed by atoms with van der Waals surface area (Å²) in [5.74, 6) is 0.180. The molecular formula is C21H31N7O3. The fraction of sp³-hybridized carbons (Fsp3) is 0.571. The Morgan fingerprint density at radius 2 is 2.10 bits per heavy atom. The first-order valence-corrected chi connectivity index (χ1v) is 10.5. The lowest BCUT2D eigenvalue weighted by molar-refractivity contribution is -0.144. The number of likely N-dealkylation sites (tertiary alicyclic amines) is 1. The zero-order chi connectivity index (χ0) is 22.8. The molecule has 168 valence electrons. The van der Waals surface area contributed by atoms with E-state index in [9.17, 15) is 14.7 Å². The Hall–Kier alpha value is -3.01. The Bertz CT molecular complexity index is 937. The number of rotatable bonds is 6. The van der Waals surface area contributed by atoms with Gasteiger partial charge in [-0.3, -0.25) is 9.59 Å². The summed E-state index contributed by atoms with van der Waals surface area (Å²) < 4.78 is 1.55. The van der Waals surface area contributed by atoms with Crippen LogP contribution in [0.15, 0.2) is 24.5 Å². The molecule has 0 bridgehead atoms. The largest absolute Gasteiger partial charge is 0.391 e. The molecule has 3 rings (SSSR count). The lowest BCUT2D eigenvalue weighted by Crippen LogP contribution is -2.49. The van der Waals surface area contributed by atoms with Crippen LogP contribution >= 0.6 is 0 Å². The summed E-state index contributed by atoms with van der Waals surface area (Å²) in [5, 5.41) is 24.4. The fourth-order valence-electron chi connectivity index (χ4n) is 3.91. The molecule has 1 fully saturated rings. The molecule has 3 N–H and O–H groups in total. The van der Waals surface area contributed by atoms with E-state index in [1.54, 1.807) is 17.1 Å². The van der Waals surface area contributed by atoms with Crippen LogP contribution < -0.4 is 10.6 Å². The molecule has 0 saturated carbocycles. The molecule has 31 heavy (non-hydrogen) atoms. The highest BCUT2D eigenvalue weighted by atomic mass is 16.3. The van der Waals surface area contributed by atoms with Gasteiger partial charge in [-0.2, -0.15) is 0 Å². The maximum absolute atomic E-state index is 13.6. The molecule has 1 aliphatic rings. The van der Waals surface area contributed by atoms with Crippen molar-refractivity contribution in [1.82, 2.24) is 30.2 Å². The minimum absolute atomic E-state index is 0.113. The van der Waals surface area contributed by atoms with E-state index in [0.29, 0.717) is 5.69 Å². The van der Waals surface area contributed by atoms with Gasteiger partial charge >= 0.3 is 0 Å². The zero-order valence-corrected chi connectivity index (χ0v) is 18.7. The lowest BCUT2D eigenvalue weighted by atomic mass is 9.85. The first-order chi connectivity index (χ1) is 14.7. The Labute approximate surface area is 182 Å². The maximum Gasteiger partial charge on any atom is 0.248 e. The normalized spacial score (nSPS) is 19.9. The molecule has 2 unspecified atom stereocenters. The Balaban J connectivity index is 1.93. The minimum atomic E-state index is -0.737. The molecule has 2 amide bonds. The third kappa shape index (κ3) is 4.84. The smallest absolute Gasteiger partial charge is 0.248 e. The van der Waals surface area contributed by atoms with Crippen molar-refractivity contribution in [2.45, 2.75) is 52.3 Å². The average Bonchev–Trinajstić information content (AvgIpc) is 3.34. The number of carbonyl (C=O) groups is 2. The molecule has 2 aromatic rings. The number of aromatic nitrogens is 4. The van der Waals surface area contributed by atoms with Crippen LogP contribution in [0.25, 0.3) is 11.3 Å². The highest BCUT2D eigenvalue weighted by Gasteiger charge is 2.45. The van der Waals surface area contributed by atoms with Crippen molar-refractivity contribution >= 4 is 17.6 Å². The number of nitrogens with one attached hydrogen (secondary N) is 2. The molecule has 1 saturated heterocycles. The quantitative estimate of drug-likeness (QED) is 0.627. The van der Waals surface area contributed by atoms with Crippen molar-refractivity contribution in [1.29, 1.82) is 0 Å². The molecule has 0 radical (unpaired) electrons. The van der Waals surface area contributed by atoms with E-state index in [0.717, 1.165) is 17.9 Å². The van der Waals surface area contributed by atoms with Crippen molar-refractivity contribution in [2.24, 2.45) is 5.41 Å². The van der Waals surface area contributed by atoms with E-state index in [-0.39, 0.29) is 24.8 Å². The van der Waals surface area contributed by atoms with Crippen LogP contribution in [-0.2, 0) is 9.59 Å². The summed E-state index contributed by atoms with van der Waals surface area (Å²) >= 11 is 0. The van der Waals surface area contributed by atoms with Crippen LogP contribution in [0.3, 0.4) is 0 Å². The number of nitrogens with zero attached hydrogens (tertiary/aromatic N) is 5. The molecule has 0 aliphatic carbocycles. The first-order valence-electron chi connectivity index (χ1n) is 10.5. The van der Waals surface area contributed by atoms with Gasteiger partial charge in [0.2, 0.25) is 11.8 Å². The number of pyridine rings is 1. The monoisotopic (exact) mass is 429 g/mol. The van der Waals surface area contributed by atoms with Crippen LogP contribution in [0.4, 0.5) is 5.82 Å². The highest BCUT2D eigenvalue weighted by molar-refractivity contribution is 5.90. The third-order valence-corrected chi connectivity index (χ3v) is 5.35. The predicted octanol–water partition coefficient (Wildman–Crippen LogP) is 1.07. The van der Waals surface area contributed by atoms with Gasteiger partial charge in [-0.25, -0.2) is 9.67 Å². The first kappa shape index (κ1) is 22.7. The Morgan fingerprint density at radius 3 is 2.74 bits per heavy atom. The number of amides is 2. The van der Waals surface area contributed by atoms with E-state index in [1.165, 1.54) is 11.9 Å². The van der Waals surface area contributed by atoms with Gasteiger partial charge in [0, 0.05) is 38.3 Å². The fourth-order valence-corrected chi connectivity index (χ4v) is 3.91. The molecular weight excluding hydrogens is 398 g/mol. The number of aliphatic hydroxyl groups is 1. The number of β-amino-alcohol motifs (C(OH)–C–C–N with tert-alkyl or cyclic N) is 1. The lowest BCUT2D eigenvalue weighted by Gasteiger charge is -2.34. The van der Waals surface area contributed by atoms with E-state index in [1.807, 2.05) is 39.8 Å². The van der Waals surface area contributed by atoms with Crippen molar-refractivity contribution in [2.75, 3.05) is 25.5 Å². The molecule has 3 heterocycles. The van der Waals surface area contributed by atoms with Crippen LogP contribution in [0.5, 0.6) is 0 Å². The second-order valence-electron chi connectivity index (χ2n) is 8.82. The van der Waals surface area contributed by atoms with Crippen molar-refractivity contribution in [3.63, 3.8) is 0 Å². The van der Waals surface area contributed by atoms with Crippen LogP contribution in [0.1, 0.15) is 40.2 Å². The van der Waals surface area contributed by atoms with Gasteiger partial charge in [0.05, 0.1) is 12.3 Å². The summed E-state index contributed by atoms with van der Waals surface area (Å²) in [5.41, 5.74) is 0.945. The molecule has 2 aromatic heterocycles. The standard InChI is InChI=1S/C21H31N7O3/c1-6-23-17-9-13(7-8-24-17)15-12-28(26-25-15)18(21(2,3)4)20(31)27-11-14(29)10-16(27)19(30)22-5/h7-9,12,14,16,18,29H,6,10-11H2,1-5H3,(H,22,30)(H,23,24)/t14?,16?,18-/m1/s1. The molecule has 10 heteroatoms. The highest BCUT2D eigenvalue weighted by Crippen LogP contribution is 2.35. The van der Waals surface area contributed by atoms with Crippen molar-refractivity contribution in [3.05, 3.63) is 24.5 Å². The maximum atomic E-state index is 13.6. The molecule has 10 nitrogen and oxygen atoms in total. The van der Waals surface area contributed by atoms with Crippen molar-refractivity contribution < 1.29 is 14.7 Å². The Kier molecular flexibility index (Phi) is 6.59. The van der Waals surface area contributed by atoms with E-state index < -0.39 is 23.6 Å².